The number of unbranched alkanes of at least 4 members (excludes halogenated alkanes) is 16. The zero-order chi connectivity index (χ0) is 40.0. The summed E-state index contributed by atoms with van der Waals surface area (Å²) in [7, 11) is 0. The summed E-state index contributed by atoms with van der Waals surface area (Å²) in [5.74, 6) is -0.0894. The van der Waals surface area contributed by atoms with E-state index in [0.717, 1.165) is 83.5 Å². The molecule has 55 heavy (non-hydrogen) atoms. The summed E-state index contributed by atoms with van der Waals surface area (Å²) < 4.78 is 0. The summed E-state index contributed by atoms with van der Waals surface area (Å²) in [4.78, 5) is 12.4. The zero-order valence-electron chi connectivity index (χ0n) is 35.6. The Morgan fingerprint density at radius 3 is 1.27 bits per heavy atom. The van der Waals surface area contributed by atoms with E-state index in [2.05, 4.69) is 116 Å². The minimum absolute atomic E-state index is 0.0894. The highest BCUT2D eigenvalue weighted by Crippen LogP contribution is 2.13. The lowest BCUT2D eigenvalue weighted by atomic mass is 10.0. The Morgan fingerprint density at radius 2 is 0.818 bits per heavy atom. The molecule has 4 heteroatoms. The molecule has 0 fully saturated rings. The molecule has 0 aromatic rings. The van der Waals surface area contributed by atoms with Gasteiger partial charge in [0.15, 0.2) is 0 Å². The van der Waals surface area contributed by atoms with Crippen LogP contribution in [-0.2, 0) is 4.79 Å². The molecule has 0 spiro atoms. The molecule has 0 aromatic carbocycles. The summed E-state index contributed by atoms with van der Waals surface area (Å²) in [6.45, 7) is 4.14. The van der Waals surface area contributed by atoms with E-state index in [1.165, 1.54) is 83.5 Å². The highest BCUT2D eigenvalue weighted by molar-refractivity contribution is 5.76. The Hall–Kier alpha value is -2.95. The van der Waals surface area contributed by atoms with Crippen LogP contribution in [0.4, 0.5) is 0 Å². The quantitative estimate of drug-likeness (QED) is 0.0432. The van der Waals surface area contributed by atoms with Gasteiger partial charge in [-0.15, -0.1) is 0 Å². The summed E-state index contributed by atoms with van der Waals surface area (Å²) in [6.07, 6.45) is 69.1. The Bertz CT molecular complexity index is 1090. The second-order valence-electron chi connectivity index (χ2n) is 14.7. The Morgan fingerprint density at radius 1 is 0.455 bits per heavy atom. The van der Waals surface area contributed by atoms with Gasteiger partial charge in [0.2, 0.25) is 5.91 Å². The Labute approximate surface area is 340 Å². The van der Waals surface area contributed by atoms with Gasteiger partial charge in [-0.2, -0.15) is 0 Å². The average Bonchev–Trinajstić information content (AvgIpc) is 3.19. The number of carbonyl (C=O) groups excluding carboxylic acids is 1. The van der Waals surface area contributed by atoms with Crippen LogP contribution in [0.1, 0.15) is 187 Å². The van der Waals surface area contributed by atoms with E-state index in [0.29, 0.717) is 6.42 Å². The molecule has 2 atom stereocenters. The second kappa shape index (κ2) is 45.4. The van der Waals surface area contributed by atoms with Gasteiger partial charge in [0.25, 0.3) is 0 Å². The van der Waals surface area contributed by atoms with Crippen molar-refractivity contribution < 1.29 is 15.0 Å². The van der Waals surface area contributed by atoms with Crippen LogP contribution >= 0.6 is 0 Å². The maximum atomic E-state index is 12.4. The highest BCUT2D eigenvalue weighted by atomic mass is 16.3. The van der Waals surface area contributed by atoms with Crippen molar-refractivity contribution in [3.8, 4) is 0 Å². The summed E-state index contributed by atoms with van der Waals surface area (Å²) >= 11 is 0. The number of hydrogen-bond donors (Lipinski definition) is 3. The first-order valence-corrected chi connectivity index (χ1v) is 22.6. The molecule has 0 heterocycles. The van der Waals surface area contributed by atoms with Crippen LogP contribution in [0.25, 0.3) is 0 Å². The van der Waals surface area contributed by atoms with Gasteiger partial charge in [0.05, 0.1) is 18.8 Å². The first-order valence-electron chi connectivity index (χ1n) is 22.6. The molecule has 0 bridgehead atoms. The normalized spacial score (nSPS) is 14.0. The van der Waals surface area contributed by atoms with Crippen LogP contribution in [0.3, 0.4) is 0 Å². The van der Waals surface area contributed by atoms with Gasteiger partial charge < -0.3 is 15.5 Å². The van der Waals surface area contributed by atoms with Crippen LogP contribution in [0.5, 0.6) is 0 Å². The topological polar surface area (TPSA) is 69.6 Å². The van der Waals surface area contributed by atoms with E-state index in [1.807, 2.05) is 6.08 Å². The van der Waals surface area contributed by atoms with E-state index in [4.69, 9.17) is 0 Å². The third-order valence-electron chi connectivity index (χ3n) is 9.47. The lowest BCUT2D eigenvalue weighted by Gasteiger charge is -2.19. The number of hydrogen-bond acceptors (Lipinski definition) is 3. The fourth-order valence-electron chi connectivity index (χ4n) is 6.03. The highest BCUT2D eigenvalue weighted by Gasteiger charge is 2.17. The van der Waals surface area contributed by atoms with Crippen molar-refractivity contribution in [2.24, 2.45) is 0 Å². The molecule has 4 nitrogen and oxygen atoms in total. The maximum Gasteiger partial charge on any atom is 0.220 e. The van der Waals surface area contributed by atoms with Crippen molar-refractivity contribution in [2.75, 3.05) is 6.61 Å². The van der Waals surface area contributed by atoms with Gasteiger partial charge in [-0.05, 0) is 96.3 Å². The third kappa shape index (κ3) is 42.0. The van der Waals surface area contributed by atoms with Crippen LogP contribution in [0, 0.1) is 0 Å². The van der Waals surface area contributed by atoms with Crippen molar-refractivity contribution in [2.45, 2.75) is 199 Å². The van der Waals surface area contributed by atoms with Crippen molar-refractivity contribution in [3.63, 3.8) is 0 Å². The smallest absolute Gasteiger partial charge is 0.220 e. The van der Waals surface area contributed by atoms with Crippen LogP contribution in [0.15, 0.2) is 109 Å². The predicted molar refractivity (Wildman–Crippen MR) is 243 cm³/mol. The predicted octanol–water partition coefficient (Wildman–Crippen LogP) is 14.4. The van der Waals surface area contributed by atoms with Crippen LogP contribution < -0.4 is 5.32 Å². The molecule has 0 aliphatic heterocycles. The van der Waals surface area contributed by atoms with Gasteiger partial charge in [-0.25, -0.2) is 0 Å². The number of amides is 1. The molecule has 0 aliphatic rings. The third-order valence-corrected chi connectivity index (χ3v) is 9.47. The molecule has 0 saturated carbocycles. The molecule has 2 unspecified atom stereocenters. The van der Waals surface area contributed by atoms with Gasteiger partial charge >= 0.3 is 0 Å². The SMILES string of the molecule is CC/C=C\C/C=C\C/C=C\C/C=C\C/C=C\C/C=C\CCCCCCCCCCCCC(=O)NC(CO)C(O)/C=C/CC/C=C/CC/C=C/CCCCCC. The number of aliphatic hydroxyl groups excluding tert-OH is 2. The average molecular weight is 760 g/mol. The van der Waals surface area contributed by atoms with E-state index < -0.39 is 12.1 Å². The van der Waals surface area contributed by atoms with Gasteiger partial charge in [0, 0.05) is 6.42 Å². The van der Waals surface area contributed by atoms with Crippen LogP contribution in [0.2, 0.25) is 0 Å². The Kier molecular flexibility index (Phi) is 43.0. The minimum atomic E-state index is -0.878. The lowest BCUT2D eigenvalue weighted by Crippen LogP contribution is -2.45. The monoisotopic (exact) mass is 760 g/mol. The van der Waals surface area contributed by atoms with E-state index in [9.17, 15) is 15.0 Å². The van der Waals surface area contributed by atoms with E-state index in [-0.39, 0.29) is 12.5 Å². The first kappa shape index (κ1) is 52.1. The zero-order valence-corrected chi connectivity index (χ0v) is 35.6. The summed E-state index contributed by atoms with van der Waals surface area (Å²) in [5, 5.41) is 23.0. The minimum Gasteiger partial charge on any atom is -0.394 e. The van der Waals surface area contributed by atoms with Gasteiger partial charge in [0.1, 0.15) is 0 Å². The molecule has 0 radical (unpaired) electrons. The second-order valence-corrected chi connectivity index (χ2v) is 14.7. The molecule has 1 amide bonds. The Balaban J connectivity index is 3.65. The molecule has 0 saturated heterocycles. The van der Waals surface area contributed by atoms with Crippen LogP contribution in [-0.4, -0.2) is 34.9 Å². The molecular formula is C51H85NO3. The molecule has 3 N–H and O–H groups in total. The van der Waals surface area contributed by atoms with Crippen molar-refractivity contribution in [3.05, 3.63) is 109 Å². The van der Waals surface area contributed by atoms with E-state index in [1.54, 1.807) is 6.08 Å². The molecular weight excluding hydrogens is 675 g/mol. The van der Waals surface area contributed by atoms with Crippen molar-refractivity contribution >= 4 is 5.91 Å². The summed E-state index contributed by atoms with van der Waals surface area (Å²) in [6, 6.07) is -0.654. The maximum absolute atomic E-state index is 12.4. The number of carbonyl (C=O) groups is 1. The van der Waals surface area contributed by atoms with Gasteiger partial charge in [-0.1, -0.05) is 194 Å². The van der Waals surface area contributed by atoms with Crippen molar-refractivity contribution in [1.82, 2.24) is 5.32 Å². The number of aliphatic hydroxyl groups is 2. The molecule has 0 aromatic heterocycles. The van der Waals surface area contributed by atoms with Crippen molar-refractivity contribution in [1.29, 1.82) is 0 Å². The fraction of sp³-hybridized carbons (Fsp3) is 0.627. The molecule has 0 aliphatic carbocycles. The fourth-order valence-corrected chi connectivity index (χ4v) is 6.03. The van der Waals surface area contributed by atoms with Gasteiger partial charge in [-0.3, -0.25) is 4.79 Å². The standard InChI is InChI=1S/C51H85NO3/c1-3-5-7-9-11-13-15-17-19-20-21-22-23-24-25-26-27-28-29-30-31-32-33-35-37-39-41-43-45-47-51(55)52-49(48-53)50(54)46-44-42-40-38-36-34-18-16-14-12-10-8-6-4-2/h5,7,11,13-14,16-17,19,21-22,24-25,27-28,36,38,44,46,49-50,53-54H,3-4,6,8-10,12,15,18,20,23,26,29-35,37,39-43,45,47-48H2,1-2H3,(H,52,55)/b7-5-,13-11-,16-14+,19-17-,22-21-,25-24-,28-27-,38-36+,46-44+. The lowest BCUT2D eigenvalue weighted by molar-refractivity contribution is -0.123. The van der Waals surface area contributed by atoms with E-state index >= 15 is 0 Å². The number of allylic oxidation sites excluding steroid dienone is 17. The molecule has 0 rings (SSSR count). The largest absolute Gasteiger partial charge is 0.394 e. The first-order chi connectivity index (χ1) is 27.2. The molecule has 312 valence electrons. The number of nitrogens with one attached hydrogen (secondary N) is 1. The number of rotatable bonds is 39. The summed E-state index contributed by atoms with van der Waals surface area (Å²) in [5.41, 5.74) is 0.